The molecule has 0 aliphatic carbocycles. The van der Waals surface area contributed by atoms with Gasteiger partial charge in [-0.15, -0.1) is 0 Å². The zero-order chi connectivity index (χ0) is 11.5. The minimum absolute atomic E-state index is 0.269. The average molecular weight is 223 g/mol. The summed E-state index contributed by atoms with van der Waals surface area (Å²) in [6, 6.07) is 8.61. The highest BCUT2D eigenvalue weighted by Crippen LogP contribution is 2.24. The van der Waals surface area contributed by atoms with Crippen molar-refractivity contribution < 1.29 is 8.78 Å². The Morgan fingerprint density at radius 2 is 2.06 bits per heavy atom. The zero-order valence-corrected chi connectivity index (χ0v) is 8.45. The molecule has 2 aromatic rings. The van der Waals surface area contributed by atoms with E-state index in [1.54, 1.807) is 30.3 Å². The van der Waals surface area contributed by atoms with E-state index in [0.29, 0.717) is 22.6 Å². The van der Waals surface area contributed by atoms with Crippen molar-refractivity contribution in [3.05, 3.63) is 35.9 Å². The van der Waals surface area contributed by atoms with Crippen LogP contribution in [-0.2, 0) is 6.42 Å². The summed E-state index contributed by atoms with van der Waals surface area (Å²) in [6.07, 6.45) is -2.63. The SMILES string of the molecule is Nc1cc(-c2ccccc2CC(F)F)[nH]n1. The molecule has 0 aliphatic rings. The van der Waals surface area contributed by atoms with Crippen LogP contribution in [0.4, 0.5) is 14.6 Å². The topological polar surface area (TPSA) is 54.7 Å². The molecule has 0 amide bonds. The summed E-state index contributed by atoms with van der Waals surface area (Å²) in [6.45, 7) is 0. The molecule has 0 aliphatic heterocycles. The Kier molecular flexibility index (Phi) is 2.85. The molecule has 1 heterocycles. The molecule has 0 fully saturated rings. The van der Waals surface area contributed by atoms with Crippen LogP contribution in [0, 0.1) is 0 Å². The Labute approximate surface area is 91.3 Å². The van der Waals surface area contributed by atoms with Gasteiger partial charge in [0.1, 0.15) is 5.82 Å². The van der Waals surface area contributed by atoms with Crippen LogP contribution in [0.25, 0.3) is 11.3 Å². The minimum Gasteiger partial charge on any atom is -0.382 e. The van der Waals surface area contributed by atoms with E-state index in [1.807, 2.05) is 0 Å². The Morgan fingerprint density at radius 1 is 1.31 bits per heavy atom. The summed E-state index contributed by atoms with van der Waals surface area (Å²) < 4.78 is 24.7. The van der Waals surface area contributed by atoms with E-state index in [4.69, 9.17) is 5.73 Å². The molecule has 5 heteroatoms. The summed E-state index contributed by atoms with van der Waals surface area (Å²) in [5.41, 5.74) is 7.44. The first-order valence-electron chi connectivity index (χ1n) is 4.84. The molecule has 0 saturated heterocycles. The maximum Gasteiger partial charge on any atom is 0.242 e. The first kappa shape index (κ1) is 10.6. The molecule has 0 unspecified atom stereocenters. The number of aromatic amines is 1. The fourth-order valence-corrected chi connectivity index (χ4v) is 1.60. The van der Waals surface area contributed by atoms with Crippen molar-refractivity contribution in [2.45, 2.75) is 12.8 Å². The van der Waals surface area contributed by atoms with Gasteiger partial charge < -0.3 is 5.73 Å². The highest BCUT2D eigenvalue weighted by Gasteiger charge is 2.11. The maximum absolute atomic E-state index is 12.4. The third-order valence-corrected chi connectivity index (χ3v) is 2.28. The highest BCUT2D eigenvalue weighted by atomic mass is 19.3. The van der Waals surface area contributed by atoms with Gasteiger partial charge in [-0.25, -0.2) is 8.78 Å². The van der Waals surface area contributed by atoms with Gasteiger partial charge in [-0.05, 0) is 5.56 Å². The molecule has 1 aromatic carbocycles. The van der Waals surface area contributed by atoms with Gasteiger partial charge in [-0.3, -0.25) is 5.10 Å². The molecule has 3 N–H and O–H groups in total. The van der Waals surface area contributed by atoms with Gasteiger partial charge in [-0.2, -0.15) is 5.10 Å². The average Bonchev–Trinajstić information content (AvgIpc) is 2.65. The maximum atomic E-state index is 12.4. The molecular formula is C11H11F2N3. The second-order valence-corrected chi connectivity index (χ2v) is 3.46. The van der Waals surface area contributed by atoms with Crippen LogP contribution in [0.3, 0.4) is 0 Å². The van der Waals surface area contributed by atoms with Crippen molar-refractivity contribution in [1.82, 2.24) is 10.2 Å². The van der Waals surface area contributed by atoms with Gasteiger partial charge in [0.2, 0.25) is 6.43 Å². The standard InChI is InChI=1S/C11H11F2N3/c12-10(13)5-7-3-1-2-4-8(7)9-6-11(14)16-15-9/h1-4,6,10H,5H2,(H3,14,15,16). The lowest BCUT2D eigenvalue weighted by Crippen LogP contribution is -1.98. The van der Waals surface area contributed by atoms with Crippen LogP contribution in [0.15, 0.2) is 30.3 Å². The highest BCUT2D eigenvalue weighted by molar-refractivity contribution is 5.65. The molecule has 3 nitrogen and oxygen atoms in total. The summed E-state index contributed by atoms with van der Waals surface area (Å²) in [7, 11) is 0. The molecule has 0 bridgehead atoms. The van der Waals surface area contributed by atoms with Crippen LogP contribution in [0.1, 0.15) is 5.56 Å². The number of halogens is 2. The number of aromatic nitrogens is 2. The second-order valence-electron chi connectivity index (χ2n) is 3.46. The van der Waals surface area contributed by atoms with E-state index in [0.717, 1.165) is 0 Å². The molecule has 0 atom stereocenters. The normalized spacial score (nSPS) is 10.9. The summed E-state index contributed by atoms with van der Waals surface area (Å²) in [5, 5.41) is 6.49. The lowest BCUT2D eigenvalue weighted by atomic mass is 10.0. The van der Waals surface area contributed by atoms with Crippen LogP contribution in [0.5, 0.6) is 0 Å². The summed E-state index contributed by atoms with van der Waals surface area (Å²) >= 11 is 0. The molecule has 0 saturated carbocycles. The number of hydrogen-bond donors (Lipinski definition) is 2. The monoisotopic (exact) mass is 223 g/mol. The molecule has 0 radical (unpaired) electrons. The predicted molar refractivity (Wildman–Crippen MR) is 58.1 cm³/mol. The number of nitrogens with one attached hydrogen (secondary N) is 1. The summed E-state index contributed by atoms with van der Waals surface area (Å²) in [5.74, 6) is 0.349. The lowest BCUT2D eigenvalue weighted by molar-refractivity contribution is 0.149. The predicted octanol–water partition coefficient (Wildman–Crippen LogP) is 2.47. The van der Waals surface area contributed by atoms with E-state index in [2.05, 4.69) is 10.2 Å². The van der Waals surface area contributed by atoms with Crippen molar-refractivity contribution in [3.63, 3.8) is 0 Å². The van der Waals surface area contributed by atoms with Crippen molar-refractivity contribution in [3.8, 4) is 11.3 Å². The molecule has 16 heavy (non-hydrogen) atoms. The second kappa shape index (κ2) is 4.30. The Balaban J connectivity index is 2.40. The van der Waals surface area contributed by atoms with Crippen molar-refractivity contribution in [1.29, 1.82) is 0 Å². The number of benzene rings is 1. The third kappa shape index (κ3) is 2.18. The van der Waals surface area contributed by atoms with Crippen molar-refractivity contribution in [2.24, 2.45) is 0 Å². The van der Waals surface area contributed by atoms with Crippen LogP contribution in [-0.4, -0.2) is 16.6 Å². The van der Waals surface area contributed by atoms with E-state index in [-0.39, 0.29) is 6.42 Å². The number of nitrogens with zero attached hydrogens (tertiary/aromatic N) is 1. The van der Waals surface area contributed by atoms with Crippen LogP contribution < -0.4 is 5.73 Å². The quantitative estimate of drug-likeness (QED) is 0.839. The Bertz CT molecular complexity index is 480. The number of rotatable bonds is 3. The van der Waals surface area contributed by atoms with E-state index in [1.165, 1.54) is 0 Å². The van der Waals surface area contributed by atoms with Crippen LogP contribution in [0.2, 0.25) is 0 Å². The molecular weight excluding hydrogens is 212 g/mol. The van der Waals surface area contributed by atoms with Crippen molar-refractivity contribution in [2.75, 3.05) is 5.73 Å². The molecule has 1 aromatic heterocycles. The van der Waals surface area contributed by atoms with Gasteiger partial charge in [-0.1, -0.05) is 24.3 Å². The first-order chi connectivity index (χ1) is 7.66. The van der Waals surface area contributed by atoms with Gasteiger partial charge in [0.15, 0.2) is 0 Å². The number of nitrogen functional groups attached to an aromatic ring is 1. The Morgan fingerprint density at radius 3 is 2.69 bits per heavy atom. The Hall–Kier alpha value is -1.91. The van der Waals surface area contributed by atoms with Gasteiger partial charge in [0.05, 0.1) is 5.69 Å². The van der Waals surface area contributed by atoms with Crippen molar-refractivity contribution >= 4 is 5.82 Å². The fraction of sp³-hybridized carbons (Fsp3) is 0.182. The molecule has 0 spiro atoms. The summed E-state index contributed by atoms with van der Waals surface area (Å²) in [4.78, 5) is 0. The number of H-pyrrole nitrogens is 1. The zero-order valence-electron chi connectivity index (χ0n) is 8.45. The van der Waals surface area contributed by atoms with Crippen LogP contribution >= 0.6 is 0 Å². The molecule has 2 rings (SSSR count). The number of alkyl halides is 2. The van der Waals surface area contributed by atoms with Gasteiger partial charge in [0, 0.05) is 18.1 Å². The van der Waals surface area contributed by atoms with E-state index in [9.17, 15) is 8.78 Å². The number of anilines is 1. The van der Waals surface area contributed by atoms with E-state index < -0.39 is 6.43 Å². The molecule has 84 valence electrons. The van der Waals surface area contributed by atoms with Gasteiger partial charge in [0.25, 0.3) is 0 Å². The van der Waals surface area contributed by atoms with Gasteiger partial charge >= 0.3 is 0 Å². The third-order valence-electron chi connectivity index (χ3n) is 2.28. The first-order valence-corrected chi connectivity index (χ1v) is 4.84. The smallest absolute Gasteiger partial charge is 0.242 e. The lowest BCUT2D eigenvalue weighted by Gasteiger charge is -2.06. The number of nitrogens with two attached hydrogens (primary N) is 1. The number of hydrogen-bond acceptors (Lipinski definition) is 2. The van der Waals surface area contributed by atoms with E-state index >= 15 is 0 Å². The minimum atomic E-state index is -2.36. The largest absolute Gasteiger partial charge is 0.382 e. The fourth-order valence-electron chi connectivity index (χ4n) is 1.60.